The maximum absolute atomic E-state index is 9.54. The third-order valence-electron chi connectivity index (χ3n) is 2.88. The van der Waals surface area contributed by atoms with Gasteiger partial charge in [-0.2, -0.15) is 0 Å². The quantitative estimate of drug-likeness (QED) is 0.640. The van der Waals surface area contributed by atoms with Crippen molar-refractivity contribution in [2.45, 2.75) is 25.5 Å². The second-order valence-electron chi connectivity index (χ2n) is 4.28. The standard InChI is InChI=1S/C10H22N2O2/c1-8(11)9-3-4-12(5-9)6-10(13)7-14-2/h8-10,13H,3-7,11H2,1-2H3. The van der Waals surface area contributed by atoms with Gasteiger partial charge < -0.3 is 20.5 Å². The molecular formula is C10H22N2O2. The topological polar surface area (TPSA) is 58.7 Å². The summed E-state index contributed by atoms with van der Waals surface area (Å²) >= 11 is 0. The SMILES string of the molecule is COCC(O)CN1CCC(C(C)N)C1. The van der Waals surface area contributed by atoms with Crippen molar-refractivity contribution in [1.82, 2.24) is 4.90 Å². The first-order chi connectivity index (χ1) is 6.63. The molecule has 4 heteroatoms. The zero-order valence-electron chi connectivity index (χ0n) is 9.15. The van der Waals surface area contributed by atoms with Crippen LogP contribution in [0, 0.1) is 5.92 Å². The largest absolute Gasteiger partial charge is 0.389 e. The number of aliphatic hydroxyl groups is 1. The number of aliphatic hydroxyl groups excluding tert-OH is 1. The number of likely N-dealkylation sites (tertiary alicyclic amines) is 1. The zero-order valence-corrected chi connectivity index (χ0v) is 9.15. The van der Waals surface area contributed by atoms with Crippen molar-refractivity contribution in [3.05, 3.63) is 0 Å². The second kappa shape index (κ2) is 5.66. The summed E-state index contributed by atoms with van der Waals surface area (Å²) in [6.45, 7) is 5.24. The van der Waals surface area contributed by atoms with Gasteiger partial charge in [-0.3, -0.25) is 0 Å². The van der Waals surface area contributed by atoms with Gasteiger partial charge in [0.2, 0.25) is 0 Å². The Morgan fingerprint density at radius 1 is 1.64 bits per heavy atom. The molecule has 1 fully saturated rings. The highest BCUT2D eigenvalue weighted by Crippen LogP contribution is 2.18. The van der Waals surface area contributed by atoms with E-state index in [1.54, 1.807) is 7.11 Å². The first kappa shape index (κ1) is 11.9. The molecule has 1 aliphatic heterocycles. The molecular weight excluding hydrogens is 180 g/mol. The molecule has 0 aromatic rings. The van der Waals surface area contributed by atoms with Crippen LogP contribution in [0.3, 0.4) is 0 Å². The highest BCUT2D eigenvalue weighted by molar-refractivity contribution is 4.81. The number of nitrogens with two attached hydrogens (primary N) is 1. The molecule has 0 spiro atoms. The minimum atomic E-state index is -0.369. The molecule has 0 radical (unpaired) electrons. The lowest BCUT2D eigenvalue weighted by molar-refractivity contribution is 0.0419. The van der Waals surface area contributed by atoms with Gasteiger partial charge in [0.25, 0.3) is 0 Å². The van der Waals surface area contributed by atoms with Crippen LogP contribution in [0.25, 0.3) is 0 Å². The normalized spacial score (nSPS) is 27.9. The van der Waals surface area contributed by atoms with E-state index in [1.807, 2.05) is 0 Å². The van der Waals surface area contributed by atoms with E-state index in [-0.39, 0.29) is 12.1 Å². The first-order valence-corrected chi connectivity index (χ1v) is 5.28. The Morgan fingerprint density at radius 3 is 2.86 bits per heavy atom. The van der Waals surface area contributed by atoms with Crippen molar-refractivity contribution in [3.63, 3.8) is 0 Å². The molecule has 0 saturated carbocycles. The van der Waals surface area contributed by atoms with E-state index in [0.717, 1.165) is 19.5 Å². The number of nitrogens with zero attached hydrogens (tertiary/aromatic N) is 1. The van der Waals surface area contributed by atoms with Crippen molar-refractivity contribution in [2.75, 3.05) is 33.4 Å². The maximum atomic E-state index is 9.54. The Hall–Kier alpha value is -0.160. The van der Waals surface area contributed by atoms with Gasteiger partial charge in [0.1, 0.15) is 0 Å². The van der Waals surface area contributed by atoms with Crippen LogP contribution in [0.5, 0.6) is 0 Å². The predicted octanol–water partition coefficient (Wildman–Crippen LogP) is -0.337. The molecule has 0 aromatic carbocycles. The van der Waals surface area contributed by atoms with E-state index in [2.05, 4.69) is 11.8 Å². The molecule has 1 aliphatic rings. The van der Waals surface area contributed by atoms with Crippen LogP contribution in [0.2, 0.25) is 0 Å². The summed E-state index contributed by atoms with van der Waals surface area (Å²) in [6.07, 6.45) is 0.781. The summed E-state index contributed by atoms with van der Waals surface area (Å²) in [4.78, 5) is 2.26. The van der Waals surface area contributed by atoms with Gasteiger partial charge in [-0.1, -0.05) is 0 Å². The molecule has 0 aromatic heterocycles. The highest BCUT2D eigenvalue weighted by Gasteiger charge is 2.26. The van der Waals surface area contributed by atoms with Crippen LogP contribution in [0.4, 0.5) is 0 Å². The highest BCUT2D eigenvalue weighted by atomic mass is 16.5. The average molecular weight is 202 g/mol. The van der Waals surface area contributed by atoms with Gasteiger partial charge in [-0.15, -0.1) is 0 Å². The molecule has 0 bridgehead atoms. The van der Waals surface area contributed by atoms with E-state index in [4.69, 9.17) is 10.5 Å². The molecule has 0 amide bonds. The van der Waals surface area contributed by atoms with E-state index in [9.17, 15) is 5.11 Å². The fourth-order valence-corrected chi connectivity index (χ4v) is 2.00. The summed E-state index contributed by atoms with van der Waals surface area (Å²) in [5.41, 5.74) is 5.84. The van der Waals surface area contributed by atoms with Crippen LogP contribution < -0.4 is 5.73 Å². The van der Waals surface area contributed by atoms with Crippen LogP contribution in [0.15, 0.2) is 0 Å². The van der Waals surface area contributed by atoms with Crippen molar-refractivity contribution in [2.24, 2.45) is 11.7 Å². The minimum Gasteiger partial charge on any atom is -0.389 e. The van der Waals surface area contributed by atoms with Crippen LogP contribution >= 0.6 is 0 Å². The van der Waals surface area contributed by atoms with E-state index < -0.39 is 0 Å². The number of hydrogen-bond acceptors (Lipinski definition) is 4. The number of hydrogen-bond donors (Lipinski definition) is 2. The molecule has 1 heterocycles. The minimum absolute atomic E-state index is 0.263. The fourth-order valence-electron chi connectivity index (χ4n) is 2.00. The summed E-state index contributed by atoms with van der Waals surface area (Å²) < 4.78 is 4.89. The molecule has 1 rings (SSSR count). The number of ether oxygens (including phenoxy) is 1. The number of β-amino-alcohol motifs (C(OH)–C–C–N with tert-alkyl or cyclic N) is 1. The third kappa shape index (κ3) is 3.53. The van der Waals surface area contributed by atoms with Crippen molar-refractivity contribution in [1.29, 1.82) is 0 Å². The molecule has 84 valence electrons. The van der Waals surface area contributed by atoms with E-state index in [0.29, 0.717) is 19.1 Å². The molecule has 3 atom stereocenters. The Kier molecular flexibility index (Phi) is 4.81. The second-order valence-corrected chi connectivity index (χ2v) is 4.28. The third-order valence-corrected chi connectivity index (χ3v) is 2.88. The summed E-state index contributed by atoms with van der Waals surface area (Å²) in [5.74, 6) is 0.588. The Bertz CT molecular complexity index is 164. The monoisotopic (exact) mass is 202 g/mol. The number of methoxy groups -OCH3 is 1. The zero-order chi connectivity index (χ0) is 10.6. The van der Waals surface area contributed by atoms with Crippen molar-refractivity contribution < 1.29 is 9.84 Å². The fraction of sp³-hybridized carbons (Fsp3) is 1.00. The average Bonchev–Trinajstić information content (AvgIpc) is 2.53. The summed E-state index contributed by atoms with van der Waals surface area (Å²) in [7, 11) is 1.61. The van der Waals surface area contributed by atoms with E-state index in [1.165, 1.54) is 0 Å². The molecule has 0 aliphatic carbocycles. The van der Waals surface area contributed by atoms with Gasteiger partial charge in [-0.25, -0.2) is 0 Å². The van der Waals surface area contributed by atoms with Crippen molar-refractivity contribution >= 4 is 0 Å². The lowest BCUT2D eigenvalue weighted by Gasteiger charge is -2.20. The summed E-state index contributed by atoms with van der Waals surface area (Å²) in [5, 5.41) is 9.54. The smallest absolute Gasteiger partial charge is 0.0900 e. The van der Waals surface area contributed by atoms with Crippen LogP contribution in [-0.2, 0) is 4.74 Å². The van der Waals surface area contributed by atoms with Crippen LogP contribution in [0.1, 0.15) is 13.3 Å². The van der Waals surface area contributed by atoms with Gasteiger partial charge in [-0.05, 0) is 25.8 Å². The maximum Gasteiger partial charge on any atom is 0.0900 e. The number of rotatable bonds is 5. The molecule has 1 saturated heterocycles. The van der Waals surface area contributed by atoms with Gasteiger partial charge in [0, 0.05) is 26.2 Å². The predicted molar refractivity (Wildman–Crippen MR) is 56.1 cm³/mol. The Morgan fingerprint density at radius 2 is 2.36 bits per heavy atom. The molecule has 3 N–H and O–H groups in total. The van der Waals surface area contributed by atoms with Crippen LogP contribution in [-0.4, -0.2) is 55.5 Å². The summed E-state index contributed by atoms with van der Waals surface area (Å²) in [6, 6.07) is 0.263. The van der Waals surface area contributed by atoms with Crippen molar-refractivity contribution in [3.8, 4) is 0 Å². The molecule has 4 nitrogen and oxygen atoms in total. The Balaban J connectivity index is 2.21. The Labute approximate surface area is 86.0 Å². The van der Waals surface area contributed by atoms with E-state index >= 15 is 0 Å². The lowest BCUT2D eigenvalue weighted by Crippen LogP contribution is -2.35. The van der Waals surface area contributed by atoms with Gasteiger partial charge in [0.15, 0.2) is 0 Å². The molecule has 14 heavy (non-hydrogen) atoms. The lowest BCUT2D eigenvalue weighted by atomic mass is 10.0. The first-order valence-electron chi connectivity index (χ1n) is 5.28. The molecule has 3 unspecified atom stereocenters. The van der Waals surface area contributed by atoms with Gasteiger partial charge in [0.05, 0.1) is 12.7 Å². The van der Waals surface area contributed by atoms with Gasteiger partial charge >= 0.3 is 0 Å².